The van der Waals surface area contributed by atoms with Crippen molar-refractivity contribution in [1.29, 1.82) is 0 Å². The van der Waals surface area contributed by atoms with E-state index in [4.69, 9.17) is 14.2 Å². The fourth-order valence-electron chi connectivity index (χ4n) is 3.38. The SMILES string of the molecule is CNC(=O)[C@H](c1ccccc1)C(Oc1cccc2c1OCO2)c1ccccc1. The number of amides is 1. The predicted octanol–water partition coefficient (Wildman–Crippen LogP) is 4.07. The molecule has 5 nitrogen and oxygen atoms in total. The number of nitrogens with one attached hydrogen (secondary N) is 1. The molecule has 1 aliphatic rings. The van der Waals surface area contributed by atoms with Gasteiger partial charge < -0.3 is 19.5 Å². The Hall–Kier alpha value is -3.47. The number of hydrogen-bond donors (Lipinski definition) is 1. The number of hydrogen-bond acceptors (Lipinski definition) is 4. The minimum Gasteiger partial charge on any atom is -0.480 e. The fraction of sp³-hybridized carbons (Fsp3) is 0.174. The van der Waals surface area contributed by atoms with Gasteiger partial charge in [-0.1, -0.05) is 66.7 Å². The van der Waals surface area contributed by atoms with E-state index in [2.05, 4.69) is 5.32 Å². The molecule has 5 heteroatoms. The van der Waals surface area contributed by atoms with Crippen molar-refractivity contribution in [1.82, 2.24) is 5.32 Å². The number of benzene rings is 3. The summed E-state index contributed by atoms with van der Waals surface area (Å²) in [7, 11) is 1.64. The largest absolute Gasteiger partial charge is 0.480 e. The van der Waals surface area contributed by atoms with Crippen LogP contribution in [0.3, 0.4) is 0 Å². The highest BCUT2D eigenvalue weighted by atomic mass is 16.7. The maximum Gasteiger partial charge on any atom is 0.231 e. The van der Waals surface area contributed by atoms with Gasteiger partial charge in [-0.05, 0) is 23.3 Å². The highest BCUT2D eigenvalue weighted by molar-refractivity contribution is 5.84. The highest BCUT2D eigenvalue weighted by Crippen LogP contribution is 2.44. The van der Waals surface area contributed by atoms with Gasteiger partial charge in [0.15, 0.2) is 11.5 Å². The van der Waals surface area contributed by atoms with Gasteiger partial charge >= 0.3 is 0 Å². The second kappa shape index (κ2) is 8.05. The van der Waals surface area contributed by atoms with Crippen molar-refractivity contribution in [3.63, 3.8) is 0 Å². The van der Waals surface area contributed by atoms with Crippen LogP contribution in [0.15, 0.2) is 78.9 Å². The third kappa shape index (κ3) is 3.51. The third-order valence-corrected chi connectivity index (χ3v) is 4.73. The zero-order chi connectivity index (χ0) is 19.3. The molecule has 0 saturated heterocycles. The van der Waals surface area contributed by atoms with E-state index in [-0.39, 0.29) is 12.7 Å². The summed E-state index contributed by atoms with van der Waals surface area (Å²) < 4.78 is 17.5. The van der Waals surface area contributed by atoms with Gasteiger partial charge in [-0.15, -0.1) is 0 Å². The maximum atomic E-state index is 12.9. The molecule has 3 aromatic rings. The average molecular weight is 375 g/mol. The van der Waals surface area contributed by atoms with Gasteiger partial charge in [-0.25, -0.2) is 0 Å². The van der Waals surface area contributed by atoms with E-state index in [9.17, 15) is 4.79 Å². The van der Waals surface area contributed by atoms with E-state index in [1.165, 1.54) is 0 Å². The van der Waals surface area contributed by atoms with Crippen LogP contribution in [-0.4, -0.2) is 19.7 Å². The van der Waals surface area contributed by atoms with E-state index >= 15 is 0 Å². The normalized spacial score (nSPS) is 14.2. The Labute approximate surface area is 163 Å². The van der Waals surface area contributed by atoms with E-state index in [1.807, 2.05) is 78.9 Å². The molecule has 1 aliphatic heterocycles. The molecule has 0 aliphatic carbocycles. The van der Waals surface area contributed by atoms with Crippen LogP contribution in [0.2, 0.25) is 0 Å². The van der Waals surface area contributed by atoms with Crippen LogP contribution in [0.4, 0.5) is 0 Å². The second-order valence-corrected chi connectivity index (χ2v) is 6.44. The molecule has 0 saturated carbocycles. The lowest BCUT2D eigenvalue weighted by atomic mass is 9.88. The van der Waals surface area contributed by atoms with Crippen LogP contribution in [0.1, 0.15) is 23.1 Å². The molecule has 0 fully saturated rings. The quantitative estimate of drug-likeness (QED) is 0.706. The number of ether oxygens (including phenoxy) is 3. The summed E-state index contributed by atoms with van der Waals surface area (Å²) in [4.78, 5) is 12.9. The van der Waals surface area contributed by atoms with Gasteiger partial charge in [0.25, 0.3) is 0 Å². The van der Waals surface area contributed by atoms with E-state index in [0.29, 0.717) is 17.2 Å². The van der Waals surface area contributed by atoms with Crippen LogP contribution in [-0.2, 0) is 4.79 Å². The first-order chi connectivity index (χ1) is 13.8. The summed E-state index contributed by atoms with van der Waals surface area (Å²) >= 11 is 0. The molecule has 0 aromatic heterocycles. The van der Waals surface area contributed by atoms with Crippen molar-refractivity contribution in [2.75, 3.05) is 13.8 Å². The smallest absolute Gasteiger partial charge is 0.231 e. The summed E-state index contributed by atoms with van der Waals surface area (Å²) in [6, 6.07) is 24.9. The summed E-state index contributed by atoms with van der Waals surface area (Å²) in [5.41, 5.74) is 1.77. The lowest BCUT2D eigenvalue weighted by Gasteiger charge is -2.28. The van der Waals surface area contributed by atoms with E-state index in [0.717, 1.165) is 11.1 Å². The molecular weight excluding hydrogens is 354 g/mol. The van der Waals surface area contributed by atoms with Crippen molar-refractivity contribution in [3.05, 3.63) is 90.0 Å². The third-order valence-electron chi connectivity index (χ3n) is 4.73. The number of rotatable bonds is 6. The molecular formula is C23H21NO4. The number of carbonyl (C=O) groups is 1. The van der Waals surface area contributed by atoms with Gasteiger partial charge in [-0.2, -0.15) is 0 Å². The summed E-state index contributed by atoms with van der Waals surface area (Å²) in [6.45, 7) is 0.156. The fourth-order valence-corrected chi connectivity index (χ4v) is 3.38. The molecule has 1 N–H and O–H groups in total. The first-order valence-corrected chi connectivity index (χ1v) is 9.14. The molecule has 3 aromatic carbocycles. The molecule has 0 bridgehead atoms. The Morgan fingerprint density at radius 3 is 2.25 bits per heavy atom. The predicted molar refractivity (Wildman–Crippen MR) is 106 cm³/mol. The molecule has 142 valence electrons. The minimum absolute atomic E-state index is 0.121. The van der Waals surface area contributed by atoms with Crippen molar-refractivity contribution < 1.29 is 19.0 Å². The zero-order valence-corrected chi connectivity index (χ0v) is 15.5. The Morgan fingerprint density at radius 2 is 1.57 bits per heavy atom. The Kier molecular flexibility index (Phi) is 5.15. The first-order valence-electron chi connectivity index (χ1n) is 9.14. The van der Waals surface area contributed by atoms with Crippen LogP contribution < -0.4 is 19.5 Å². The Morgan fingerprint density at radius 1 is 0.893 bits per heavy atom. The number of likely N-dealkylation sites (N-methyl/N-ethyl adjacent to an activating group) is 1. The van der Waals surface area contributed by atoms with Crippen LogP contribution in [0, 0.1) is 0 Å². The first kappa shape index (κ1) is 17.9. The monoisotopic (exact) mass is 375 g/mol. The van der Waals surface area contributed by atoms with Crippen molar-refractivity contribution in [3.8, 4) is 17.2 Å². The van der Waals surface area contributed by atoms with Gasteiger partial charge in [0, 0.05) is 7.05 Å². The Bertz CT molecular complexity index is 943. The highest BCUT2D eigenvalue weighted by Gasteiger charge is 2.34. The van der Waals surface area contributed by atoms with Crippen molar-refractivity contribution in [2.24, 2.45) is 0 Å². The van der Waals surface area contributed by atoms with Crippen LogP contribution >= 0.6 is 0 Å². The number of para-hydroxylation sites is 1. The van der Waals surface area contributed by atoms with Gasteiger partial charge in [0.1, 0.15) is 12.0 Å². The molecule has 4 rings (SSSR count). The lowest BCUT2D eigenvalue weighted by Crippen LogP contribution is -2.32. The summed E-state index contributed by atoms with van der Waals surface area (Å²) in [5.74, 6) is 1.10. The summed E-state index contributed by atoms with van der Waals surface area (Å²) in [5, 5.41) is 2.78. The van der Waals surface area contributed by atoms with Crippen molar-refractivity contribution >= 4 is 5.91 Å². The molecule has 1 heterocycles. The zero-order valence-electron chi connectivity index (χ0n) is 15.5. The van der Waals surface area contributed by atoms with Gasteiger partial charge in [-0.3, -0.25) is 4.79 Å². The topological polar surface area (TPSA) is 56.8 Å². The standard InChI is InChI=1S/C23H21NO4/c1-24-23(25)20(16-9-4-2-5-10-16)21(17-11-6-3-7-12-17)28-19-14-8-13-18-22(19)27-15-26-18/h2-14,20-21H,15H2,1H3,(H,24,25)/t20-,21?/m1/s1. The van der Waals surface area contributed by atoms with Gasteiger partial charge in [0.2, 0.25) is 18.4 Å². The number of carbonyl (C=O) groups excluding carboxylic acids is 1. The van der Waals surface area contributed by atoms with Crippen LogP contribution in [0.25, 0.3) is 0 Å². The second-order valence-electron chi connectivity index (χ2n) is 6.44. The molecule has 28 heavy (non-hydrogen) atoms. The molecule has 2 atom stereocenters. The number of fused-ring (bicyclic) bond motifs is 1. The molecule has 0 radical (unpaired) electrons. The summed E-state index contributed by atoms with van der Waals surface area (Å²) in [6.07, 6.45) is -0.542. The van der Waals surface area contributed by atoms with E-state index in [1.54, 1.807) is 7.05 Å². The molecule has 1 unspecified atom stereocenters. The van der Waals surface area contributed by atoms with Crippen LogP contribution in [0.5, 0.6) is 17.2 Å². The van der Waals surface area contributed by atoms with Gasteiger partial charge in [0.05, 0.1) is 0 Å². The van der Waals surface area contributed by atoms with E-state index < -0.39 is 12.0 Å². The average Bonchev–Trinajstić information content (AvgIpc) is 3.24. The van der Waals surface area contributed by atoms with Crippen molar-refractivity contribution in [2.45, 2.75) is 12.0 Å². The lowest BCUT2D eigenvalue weighted by molar-refractivity contribution is -0.124. The molecule has 1 amide bonds. The maximum absolute atomic E-state index is 12.9. The minimum atomic E-state index is -0.542. The molecule has 0 spiro atoms. The Balaban J connectivity index is 1.79.